The van der Waals surface area contributed by atoms with Crippen LogP contribution in [0.1, 0.15) is 29.5 Å². The summed E-state index contributed by atoms with van der Waals surface area (Å²) >= 11 is 0. The summed E-state index contributed by atoms with van der Waals surface area (Å²) in [7, 11) is -7.64. The molecule has 1 aliphatic heterocycles. The molecule has 9 heteroatoms. The first-order valence-corrected chi connectivity index (χ1v) is 11.1. The monoisotopic (exact) mass is 377 g/mol. The minimum absolute atomic E-state index is 0.141. The number of piperidine rings is 1. The van der Waals surface area contributed by atoms with E-state index in [1.165, 1.54) is 6.26 Å². The van der Waals surface area contributed by atoms with Gasteiger partial charge in [-0.1, -0.05) is 0 Å². The number of hydrogen-bond acceptors (Lipinski definition) is 5. The normalized spacial score (nSPS) is 25.7. The van der Waals surface area contributed by atoms with Crippen LogP contribution >= 0.6 is 0 Å². The smallest absolute Gasteiger partial charge is 0.282 e. The Balaban J connectivity index is 2.68. The summed E-state index contributed by atoms with van der Waals surface area (Å²) in [5.41, 5.74) is 2.18. The van der Waals surface area contributed by atoms with Crippen molar-refractivity contribution in [3.63, 3.8) is 0 Å². The summed E-state index contributed by atoms with van der Waals surface area (Å²) in [6.07, 6.45) is 2.37. The molecule has 2 unspecified atom stereocenters. The molecule has 0 radical (unpaired) electrons. The Labute approximate surface area is 143 Å². The molecule has 1 aliphatic rings. The fraction of sp³-hybridized carbons (Fsp3) is 0.600. The highest BCUT2D eigenvalue weighted by Gasteiger charge is 2.42. The van der Waals surface area contributed by atoms with Crippen molar-refractivity contribution >= 4 is 25.6 Å². The van der Waals surface area contributed by atoms with Crippen molar-refractivity contribution < 1.29 is 21.4 Å². The Kier molecular flexibility index (Phi) is 4.88. The third-order valence-electron chi connectivity index (χ3n) is 4.78. The molecule has 1 aromatic carbocycles. The molecule has 0 amide bonds. The molecule has 0 bridgehead atoms. The van der Waals surface area contributed by atoms with Crippen molar-refractivity contribution in [2.45, 2.75) is 43.8 Å². The van der Waals surface area contributed by atoms with E-state index in [0.717, 1.165) is 5.56 Å². The van der Waals surface area contributed by atoms with Gasteiger partial charge in [0.15, 0.2) is 15.5 Å². The van der Waals surface area contributed by atoms with E-state index in [0.29, 0.717) is 36.2 Å². The van der Waals surface area contributed by atoms with Gasteiger partial charge in [-0.3, -0.25) is 4.55 Å². The highest BCUT2D eigenvalue weighted by molar-refractivity contribution is 7.91. The van der Waals surface area contributed by atoms with Crippen LogP contribution < -0.4 is 10.4 Å². The molecule has 2 rings (SSSR count). The fourth-order valence-corrected chi connectivity index (χ4v) is 6.02. The molecule has 1 fully saturated rings. The van der Waals surface area contributed by atoms with E-state index in [2.05, 4.69) is 0 Å². The van der Waals surface area contributed by atoms with E-state index >= 15 is 0 Å². The van der Waals surface area contributed by atoms with Gasteiger partial charge in [0, 0.05) is 23.8 Å². The number of rotatable bonds is 3. The van der Waals surface area contributed by atoms with E-state index in [4.69, 9.17) is 5.84 Å². The Hall–Kier alpha value is -1.00. The zero-order valence-electron chi connectivity index (χ0n) is 14.4. The molecule has 0 spiro atoms. The summed E-state index contributed by atoms with van der Waals surface area (Å²) in [5.74, 6) is 6.53. The molecule has 136 valence electrons. The summed E-state index contributed by atoms with van der Waals surface area (Å²) in [6.45, 7) is 5.74. The van der Waals surface area contributed by atoms with Crippen LogP contribution in [0.25, 0.3) is 0 Å². The predicted octanol–water partition coefficient (Wildman–Crippen LogP) is 1.25. The number of quaternary nitrogens is 1. The topological polar surface area (TPSA) is 115 Å². The van der Waals surface area contributed by atoms with E-state index in [1.54, 1.807) is 19.9 Å². The maximum atomic E-state index is 12.0. The molecule has 1 aromatic rings. The Bertz CT molecular complexity index is 878. The molecule has 0 aromatic heterocycles. The molecule has 1 heterocycles. The quantitative estimate of drug-likeness (QED) is 0.465. The molecular formula is C15H25N2O5S2+. The number of nitrogens with two attached hydrogens (primary N) is 1. The zero-order chi connectivity index (χ0) is 18.5. The van der Waals surface area contributed by atoms with E-state index in [-0.39, 0.29) is 16.0 Å². The van der Waals surface area contributed by atoms with Crippen molar-refractivity contribution in [1.82, 2.24) is 4.59 Å². The molecule has 1 saturated heterocycles. The van der Waals surface area contributed by atoms with E-state index in [1.807, 2.05) is 6.92 Å². The molecule has 7 nitrogen and oxygen atoms in total. The Morgan fingerprint density at radius 2 is 1.75 bits per heavy atom. The third-order valence-corrected chi connectivity index (χ3v) is 7.52. The second-order valence-electron chi connectivity index (χ2n) is 6.82. The van der Waals surface area contributed by atoms with Gasteiger partial charge in [-0.05, 0) is 38.8 Å². The van der Waals surface area contributed by atoms with Crippen LogP contribution in [0.3, 0.4) is 0 Å². The van der Waals surface area contributed by atoms with Crippen LogP contribution in [0.5, 0.6) is 0 Å². The minimum Gasteiger partial charge on any atom is -0.282 e. The Morgan fingerprint density at radius 1 is 1.17 bits per heavy atom. The summed E-state index contributed by atoms with van der Waals surface area (Å²) in [5, 5.41) is -0.564. The van der Waals surface area contributed by atoms with Crippen LogP contribution in [-0.4, -0.2) is 46.0 Å². The standard InChI is InChI=1S/C15H24N2O5S2/c1-10-8-11(2)15(24(20,21)22)12(3)14(10)17(16)7-5-6-13(9-17)23(4,18)19/h8,13H,5-7,9,16H2,1-4H3/p+1. The lowest BCUT2D eigenvalue weighted by atomic mass is 10.00. The SMILES string of the molecule is Cc1cc(C)c(S(=O)(=O)O)c(C)c1[N+]1(N)CCCC(S(C)(=O)=O)C1. The van der Waals surface area contributed by atoms with Gasteiger partial charge in [0.05, 0.1) is 0 Å². The first-order chi connectivity index (χ1) is 10.8. The van der Waals surface area contributed by atoms with Crippen LogP contribution in [-0.2, 0) is 20.0 Å². The molecule has 3 N–H and O–H groups in total. The van der Waals surface area contributed by atoms with Gasteiger partial charge in [0.1, 0.15) is 23.2 Å². The van der Waals surface area contributed by atoms with Crippen LogP contribution in [0.2, 0.25) is 0 Å². The summed E-state index contributed by atoms with van der Waals surface area (Å²) in [6, 6.07) is 1.67. The van der Waals surface area contributed by atoms with Gasteiger partial charge in [-0.2, -0.15) is 14.3 Å². The van der Waals surface area contributed by atoms with Crippen molar-refractivity contribution in [2.75, 3.05) is 19.3 Å². The maximum absolute atomic E-state index is 12.0. The van der Waals surface area contributed by atoms with Crippen LogP contribution in [0.15, 0.2) is 11.0 Å². The fourth-order valence-electron chi connectivity index (χ4n) is 3.94. The van der Waals surface area contributed by atoms with Gasteiger partial charge in [0.25, 0.3) is 10.1 Å². The van der Waals surface area contributed by atoms with Gasteiger partial charge in [-0.25, -0.2) is 13.0 Å². The maximum Gasteiger partial charge on any atom is 0.295 e. The van der Waals surface area contributed by atoms with Gasteiger partial charge in [0.2, 0.25) is 0 Å². The average Bonchev–Trinajstić information content (AvgIpc) is 2.34. The molecule has 0 saturated carbocycles. The van der Waals surface area contributed by atoms with Gasteiger partial charge < -0.3 is 0 Å². The number of hydrogen-bond donors (Lipinski definition) is 2. The lowest BCUT2D eigenvalue weighted by molar-refractivity contribution is 0.233. The second-order valence-corrected chi connectivity index (χ2v) is 10.5. The lowest BCUT2D eigenvalue weighted by Crippen LogP contribution is -2.64. The second kappa shape index (κ2) is 6.06. The summed E-state index contributed by atoms with van der Waals surface area (Å²) in [4.78, 5) is -0.146. The highest BCUT2D eigenvalue weighted by Crippen LogP contribution is 2.37. The van der Waals surface area contributed by atoms with Gasteiger partial charge in [-0.15, -0.1) is 0 Å². The van der Waals surface area contributed by atoms with Crippen molar-refractivity contribution in [2.24, 2.45) is 5.84 Å². The van der Waals surface area contributed by atoms with Crippen molar-refractivity contribution in [1.29, 1.82) is 0 Å². The lowest BCUT2D eigenvalue weighted by Gasteiger charge is -2.40. The van der Waals surface area contributed by atoms with Crippen LogP contribution in [0, 0.1) is 20.8 Å². The number of nitrogens with zero attached hydrogens (tertiary/aromatic N) is 1. The zero-order valence-corrected chi connectivity index (χ0v) is 16.0. The highest BCUT2D eigenvalue weighted by atomic mass is 32.2. The molecular weight excluding hydrogens is 352 g/mol. The van der Waals surface area contributed by atoms with Crippen LogP contribution in [0.4, 0.5) is 5.69 Å². The van der Waals surface area contributed by atoms with E-state index < -0.39 is 25.2 Å². The van der Waals surface area contributed by atoms with E-state index in [9.17, 15) is 21.4 Å². The molecule has 0 aliphatic carbocycles. The Morgan fingerprint density at radius 3 is 2.25 bits per heavy atom. The molecule has 2 atom stereocenters. The predicted molar refractivity (Wildman–Crippen MR) is 94.0 cm³/mol. The largest absolute Gasteiger partial charge is 0.295 e. The number of benzene rings is 1. The van der Waals surface area contributed by atoms with Crippen molar-refractivity contribution in [3.8, 4) is 0 Å². The first-order valence-electron chi connectivity index (χ1n) is 7.71. The summed E-state index contributed by atoms with van der Waals surface area (Å²) < 4.78 is 56.8. The van der Waals surface area contributed by atoms with Gasteiger partial charge >= 0.3 is 0 Å². The number of sulfone groups is 1. The number of aryl methyl sites for hydroxylation is 2. The minimum atomic E-state index is -4.39. The average molecular weight is 378 g/mol. The first kappa shape index (κ1) is 19.3. The molecule has 24 heavy (non-hydrogen) atoms. The third kappa shape index (κ3) is 3.50. The van der Waals surface area contributed by atoms with Crippen molar-refractivity contribution in [3.05, 3.63) is 22.8 Å².